The molecule has 0 heterocycles. The Balaban J connectivity index is 2.26. The van der Waals surface area contributed by atoms with E-state index < -0.39 is 11.9 Å². The van der Waals surface area contributed by atoms with Gasteiger partial charge < -0.3 is 5.11 Å². The summed E-state index contributed by atoms with van der Waals surface area (Å²) in [7, 11) is 0. The summed E-state index contributed by atoms with van der Waals surface area (Å²) in [6, 6.07) is 8.47. The van der Waals surface area contributed by atoms with Crippen molar-refractivity contribution in [1.82, 2.24) is 0 Å². The van der Waals surface area contributed by atoms with Crippen LogP contribution in [0.1, 0.15) is 12.8 Å². The maximum absolute atomic E-state index is 10.9. The van der Waals surface area contributed by atoms with Crippen molar-refractivity contribution in [3.8, 4) is 5.75 Å². The Labute approximate surface area is 86.2 Å². The highest BCUT2D eigenvalue weighted by Gasteiger charge is 2.08. The molecule has 0 aliphatic heterocycles. The highest BCUT2D eigenvalue weighted by atomic mass is 17.2. The first kappa shape index (κ1) is 11.0. The van der Waals surface area contributed by atoms with E-state index in [-0.39, 0.29) is 12.8 Å². The number of rotatable bonds is 5. The molecule has 0 saturated heterocycles. The second kappa shape index (κ2) is 5.64. The third-order valence-corrected chi connectivity index (χ3v) is 1.52. The molecule has 0 spiro atoms. The first-order chi connectivity index (χ1) is 7.18. The third kappa shape index (κ3) is 4.66. The van der Waals surface area contributed by atoms with Crippen LogP contribution in [0, 0.1) is 0 Å². The minimum atomic E-state index is -1.05. The fourth-order valence-corrected chi connectivity index (χ4v) is 0.821. The van der Waals surface area contributed by atoms with E-state index in [0.717, 1.165) is 0 Å². The molecule has 0 radical (unpaired) electrons. The van der Waals surface area contributed by atoms with Crippen molar-refractivity contribution in [3.63, 3.8) is 0 Å². The summed E-state index contributed by atoms with van der Waals surface area (Å²) in [5.41, 5.74) is 0. The van der Waals surface area contributed by atoms with Crippen molar-refractivity contribution in [3.05, 3.63) is 30.3 Å². The zero-order valence-corrected chi connectivity index (χ0v) is 7.88. The first-order valence-corrected chi connectivity index (χ1v) is 4.32. The van der Waals surface area contributed by atoms with Gasteiger partial charge in [-0.1, -0.05) is 18.2 Å². The van der Waals surface area contributed by atoms with Crippen LogP contribution in [0.15, 0.2) is 30.3 Å². The Morgan fingerprint density at radius 3 is 2.40 bits per heavy atom. The van der Waals surface area contributed by atoms with Gasteiger partial charge in [-0.25, -0.2) is 4.79 Å². The summed E-state index contributed by atoms with van der Waals surface area (Å²) in [4.78, 5) is 30.1. The zero-order chi connectivity index (χ0) is 11.1. The van der Waals surface area contributed by atoms with Crippen molar-refractivity contribution in [2.45, 2.75) is 12.8 Å². The highest BCUT2D eigenvalue weighted by molar-refractivity contribution is 5.76. The van der Waals surface area contributed by atoms with E-state index in [4.69, 9.17) is 5.11 Å². The SMILES string of the molecule is O=C(O)CCC(=O)OOc1ccccc1. The van der Waals surface area contributed by atoms with Gasteiger partial charge in [-0.05, 0) is 12.1 Å². The van der Waals surface area contributed by atoms with Gasteiger partial charge in [0, 0.05) is 0 Å². The Kier molecular flexibility index (Phi) is 4.15. The van der Waals surface area contributed by atoms with E-state index in [2.05, 4.69) is 9.78 Å². The van der Waals surface area contributed by atoms with Crippen LogP contribution in [0.5, 0.6) is 5.75 Å². The number of benzene rings is 1. The Morgan fingerprint density at radius 1 is 1.13 bits per heavy atom. The van der Waals surface area contributed by atoms with Gasteiger partial charge in [0.05, 0.1) is 12.8 Å². The number of carboxylic acids is 1. The van der Waals surface area contributed by atoms with Gasteiger partial charge in [-0.2, -0.15) is 0 Å². The molecule has 1 aromatic rings. The van der Waals surface area contributed by atoms with Gasteiger partial charge in [0.25, 0.3) is 0 Å². The molecule has 80 valence electrons. The molecule has 0 aliphatic rings. The molecule has 0 saturated carbocycles. The van der Waals surface area contributed by atoms with E-state index in [9.17, 15) is 9.59 Å². The van der Waals surface area contributed by atoms with Gasteiger partial charge in [0.15, 0.2) is 5.75 Å². The quantitative estimate of drug-likeness (QED) is 0.587. The van der Waals surface area contributed by atoms with Gasteiger partial charge in [-0.15, -0.1) is 0 Å². The predicted molar refractivity (Wildman–Crippen MR) is 50.0 cm³/mol. The first-order valence-electron chi connectivity index (χ1n) is 4.32. The lowest BCUT2D eigenvalue weighted by Crippen LogP contribution is -2.09. The number of hydrogen-bond acceptors (Lipinski definition) is 4. The normalized spacial score (nSPS) is 9.33. The summed E-state index contributed by atoms with van der Waals surface area (Å²) in [5.74, 6) is -1.37. The molecular formula is C10H10O5. The lowest BCUT2D eigenvalue weighted by atomic mass is 10.3. The second-order valence-electron chi connectivity index (χ2n) is 2.75. The molecule has 0 aromatic heterocycles. The average Bonchev–Trinajstić information content (AvgIpc) is 2.25. The van der Waals surface area contributed by atoms with Crippen LogP contribution < -0.4 is 4.89 Å². The van der Waals surface area contributed by atoms with Gasteiger partial charge >= 0.3 is 11.9 Å². The van der Waals surface area contributed by atoms with E-state index in [1.165, 1.54) is 0 Å². The van der Waals surface area contributed by atoms with Crippen LogP contribution in [0.25, 0.3) is 0 Å². The number of aliphatic carboxylic acids is 1. The summed E-state index contributed by atoms with van der Waals surface area (Å²) in [6.07, 6.45) is -0.473. The highest BCUT2D eigenvalue weighted by Crippen LogP contribution is 2.09. The topological polar surface area (TPSA) is 72.8 Å². The van der Waals surface area contributed by atoms with Crippen molar-refractivity contribution in [1.29, 1.82) is 0 Å². The standard InChI is InChI=1S/C10H10O5/c11-9(12)6-7-10(13)15-14-8-4-2-1-3-5-8/h1-5H,6-7H2,(H,11,12). The fourth-order valence-electron chi connectivity index (χ4n) is 0.821. The van der Waals surface area contributed by atoms with Crippen molar-refractivity contribution in [2.75, 3.05) is 0 Å². The van der Waals surface area contributed by atoms with Gasteiger partial charge in [0.1, 0.15) is 0 Å². The zero-order valence-electron chi connectivity index (χ0n) is 7.88. The van der Waals surface area contributed by atoms with Crippen LogP contribution in [0.2, 0.25) is 0 Å². The summed E-state index contributed by atoms with van der Waals surface area (Å²) in [6.45, 7) is 0. The minimum absolute atomic E-state index is 0.206. The summed E-state index contributed by atoms with van der Waals surface area (Å²) >= 11 is 0. The van der Waals surface area contributed by atoms with Gasteiger partial charge in [-0.3, -0.25) is 14.6 Å². The fraction of sp³-hybridized carbons (Fsp3) is 0.200. The number of carbonyl (C=O) groups is 2. The molecule has 0 aliphatic carbocycles. The lowest BCUT2D eigenvalue weighted by Gasteiger charge is -2.02. The molecule has 0 amide bonds. The van der Waals surface area contributed by atoms with Crippen LogP contribution in [0.4, 0.5) is 0 Å². The molecule has 0 unspecified atom stereocenters. The Hall–Kier alpha value is -2.04. The van der Waals surface area contributed by atoms with Crippen LogP contribution in [-0.4, -0.2) is 17.0 Å². The van der Waals surface area contributed by atoms with Crippen LogP contribution in [0.3, 0.4) is 0 Å². The second-order valence-corrected chi connectivity index (χ2v) is 2.75. The molecule has 0 fully saturated rings. The average molecular weight is 210 g/mol. The smallest absolute Gasteiger partial charge is 0.356 e. The largest absolute Gasteiger partial charge is 0.481 e. The maximum atomic E-state index is 10.9. The van der Waals surface area contributed by atoms with Gasteiger partial charge in [0.2, 0.25) is 0 Å². The molecular weight excluding hydrogens is 200 g/mol. The van der Waals surface area contributed by atoms with Crippen molar-refractivity contribution < 1.29 is 24.5 Å². The van der Waals surface area contributed by atoms with E-state index in [1.54, 1.807) is 30.3 Å². The van der Waals surface area contributed by atoms with E-state index in [1.807, 2.05) is 0 Å². The maximum Gasteiger partial charge on any atom is 0.356 e. The molecule has 5 nitrogen and oxygen atoms in total. The molecule has 0 bridgehead atoms. The monoisotopic (exact) mass is 210 g/mol. The molecule has 1 N–H and O–H groups in total. The third-order valence-electron chi connectivity index (χ3n) is 1.52. The summed E-state index contributed by atoms with van der Waals surface area (Å²) < 4.78 is 0. The summed E-state index contributed by atoms with van der Waals surface area (Å²) in [5, 5.41) is 8.30. The van der Waals surface area contributed by atoms with Crippen molar-refractivity contribution >= 4 is 11.9 Å². The minimum Gasteiger partial charge on any atom is -0.481 e. The number of carboxylic acid groups (broad SMARTS) is 1. The number of carbonyl (C=O) groups excluding carboxylic acids is 1. The van der Waals surface area contributed by atoms with Crippen molar-refractivity contribution in [2.24, 2.45) is 0 Å². The van der Waals surface area contributed by atoms with E-state index >= 15 is 0 Å². The molecule has 5 heteroatoms. The Morgan fingerprint density at radius 2 is 1.80 bits per heavy atom. The number of para-hydroxylation sites is 1. The van der Waals surface area contributed by atoms with Crippen LogP contribution in [-0.2, 0) is 14.5 Å². The predicted octanol–water partition coefficient (Wildman–Crippen LogP) is 1.39. The molecule has 15 heavy (non-hydrogen) atoms. The lowest BCUT2D eigenvalue weighted by molar-refractivity contribution is -0.214. The molecule has 0 atom stereocenters. The van der Waals surface area contributed by atoms with E-state index in [0.29, 0.717) is 5.75 Å². The molecule has 1 aromatic carbocycles. The number of hydrogen-bond donors (Lipinski definition) is 1. The molecule has 1 rings (SSSR count). The Bertz CT molecular complexity index is 333. The van der Waals surface area contributed by atoms with Crippen LogP contribution >= 0.6 is 0 Å².